The molecule has 0 bridgehead atoms. The van der Waals surface area contributed by atoms with Gasteiger partial charge < -0.3 is 19.9 Å². The lowest BCUT2D eigenvalue weighted by atomic mass is 10.1. The number of benzene rings is 3. The molecule has 3 aromatic carbocycles. The van der Waals surface area contributed by atoms with E-state index >= 15 is 0 Å². The van der Waals surface area contributed by atoms with E-state index in [1.807, 2.05) is 0 Å². The minimum atomic E-state index is -4.45. The Labute approximate surface area is 236 Å². The van der Waals surface area contributed by atoms with E-state index in [0.717, 1.165) is 29.0 Å². The van der Waals surface area contributed by atoms with Gasteiger partial charge >= 0.3 is 12.1 Å². The lowest BCUT2D eigenvalue weighted by Gasteiger charge is -2.11. The van der Waals surface area contributed by atoms with Gasteiger partial charge in [0.15, 0.2) is 16.6 Å². The van der Waals surface area contributed by atoms with Crippen molar-refractivity contribution < 1.29 is 37.3 Å². The van der Waals surface area contributed by atoms with Gasteiger partial charge in [-0.15, -0.1) is 11.3 Å². The molecule has 1 amide bonds. The van der Waals surface area contributed by atoms with Crippen molar-refractivity contribution in [1.29, 1.82) is 0 Å². The van der Waals surface area contributed by atoms with Crippen molar-refractivity contribution in [2.75, 3.05) is 12.4 Å². The second kappa shape index (κ2) is 13.0. The van der Waals surface area contributed by atoms with Crippen LogP contribution in [0.15, 0.2) is 77.2 Å². The Bertz CT molecular complexity index is 1560. The number of hydrogen-bond donors (Lipinski definition) is 3. The molecule has 0 aliphatic heterocycles. The number of halogens is 3. The maximum Gasteiger partial charge on any atom is 0.416 e. The molecule has 3 N–H and O–H groups in total. The number of methoxy groups -OCH3 is 1. The Morgan fingerprint density at radius 2 is 1.85 bits per heavy atom. The lowest BCUT2D eigenvalue weighted by Crippen LogP contribution is -2.19. The third-order valence-corrected chi connectivity index (χ3v) is 6.33. The number of carboxylic acid groups (broad SMARTS) is 1. The maximum atomic E-state index is 12.9. The van der Waals surface area contributed by atoms with Gasteiger partial charge in [-0.05, 0) is 59.7 Å². The third kappa shape index (κ3) is 8.29. The number of amides is 1. The summed E-state index contributed by atoms with van der Waals surface area (Å²) in [5, 5.41) is 17.7. The van der Waals surface area contributed by atoms with Crippen LogP contribution in [0.25, 0.3) is 0 Å². The minimum Gasteiger partial charge on any atom is -0.493 e. The summed E-state index contributed by atoms with van der Waals surface area (Å²) in [5.74, 6) is -0.535. The van der Waals surface area contributed by atoms with Crippen LogP contribution in [0.4, 0.5) is 24.0 Å². The zero-order valence-corrected chi connectivity index (χ0v) is 22.3. The van der Waals surface area contributed by atoms with Gasteiger partial charge in [-0.25, -0.2) is 15.2 Å². The molecule has 1 heterocycles. The topological polar surface area (TPSA) is 122 Å². The minimum absolute atomic E-state index is 0.0817. The number of rotatable bonds is 11. The average Bonchev–Trinajstić information content (AvgIpc) is 3.38. The highest BCUT2D eigenvalue weighted by Crippen LogP contribution is 2.32. The fourth-order valence-corrected chi connectivity index (χ4v) is 4.24. The van der Waals surface area contributed by atoms with Crippen molar-refractivity contribution in [1.82, 2.24) is 10.4 Å². The van der Waals surface area contributed by atoms with Gasteiger partial charge in [-0.2, -0.15) is 18.3 Å². The van der Waals surface area contributed by atoms with Gasteiger partial charge in [0.25, 0.3) is 0 Å². The molecule has 0 saturated carbocycles. The summed E-state index contributed by atoms with van der Waals surface area (Å²) in [4.78, 5) is 27.5. The molecular weight excluding hydrogens is 561 g/mol. The van der Waals surface area contributed by atoms with Crippen LogP contribution in [0, 0.1) is 0 Å². The van der Waals surface area contributed by atoms with Gasteiger partial charge in [0.2, 0.25) is 5.91 Å². The number of nitrogens with zero attached hydrogens (tertiary/aromatic N) is 2. The number of thiazole rings is 1. The van der Waals surface area contributed by atoms with E-state index in [4.69, 9.17) is 14.6 Å². The van der Waals surface area contributed by atoms with Crippen LogP contribution in [0.5, 0.6) is 11.5 Å². The summed E-state index contributed by atoms with van der Waals surface area (Å²) in [6.07, 6.45) is -3.11. The van der Waals surface area contributed by atoms with Crippen LogP contribution in [-0.2, 0) is 24.0 Å². The van der Waals surface area contributed by atoms with Gasteiger partial charge in [-0.3, -0.25) is 4.79 Å². The van der Waals surface area contributed by atoms with E-state index in [2.05, 4.69) is 20.8 Å². The first-order chi connectivity index (χ1) is 19.6. The number of carbonyl (C=O) groups excluding carboxylic acids is 1. The number of nitrogens with one attached hydrogen (secondary N) is 2. The van der Waals surface area contributed by atoms with Crippen LogP contribution in [-0.4, -0.2) is 35.3 Å². The van der Waals surface area contributed by atoms with Crippen LogP contribution in [0.3, 0.4) is 0 Å². The Balaban J connectivity index is 1.28. The Morgan fingerprint density at radius 1 is 1.07 bits per heavy atom. The average molecular weight is 585 g/mol. The highest BCUT2D eigenvalue weighted by atomic mass is 32.1. The standard InChI is InChI=1S/C28H23F3N4O5S/c1-39-24-11-18(7-10-23(24)40-15-17-5-8-19(9-6-17)26(37)38)14-32-35-25(36)13-22-16-41-27(34-22)33-21-4-2-3-20(12-21)28(29,30)31/h2-12,14,16H,13,15H2,1H3,(H,33,34)(H,35,36)(H,37,38)/b32-14-. The quantitative estimate of drug-likeness (QED) is 0.149. The highest BCUT2D eigenvalue weighted by molar-refractivity contribution is 7.13. The molecule has 0 atom stereocenters. The number of alkyl halides is 3. The SMILES string of the molecule is COc1cc(/C=N\NC(=O)Cc2csc(Nc3cccc(C(F)(F)F)c3)n2)ccc1OCc1ccc(C(=O)O)cc1. The van der Waals surface area contributed by atoms with Crippen LogP contribution in [0.1, 0.15) is 32.7 Å². The zero-order valence-electron chi connectivity index (χ0n) is 21.4. The molecule has 13 heteroatoms. The number of hydrazone groups is 1. The number of carbonyl (C=O) groups is 2. The normalized spacial score (nSPS) is 11.3. The fourth-order valence-electron chi connectivity index (χ4n) is 3.51. The molecule has 0 spiro atoms. The monoisotopic (exact) mass is 584 g/mol. The third-order valence-electron chi connectivity index (χ3n) is 5.52. The maximum absolute atomic E-state index is 12.9. The molecule has 0 unspecified atom stereocenters. The Kier molecular flexibility index (Phi) is 9.19. The summed E-state index contributed by atoms with van der Waals surface area (Å²) in [5.41, 5.74) is 3.89. The Morgan fingerprint density at radius 3 is 2.56 bits per heavy atom. The largest absolute Gasteiger partial charge is 0.493 e. The molecule has 41 heavy (non-hydrogen) atoms. The molecular formula is C28H23F3N4O5S. The van der Waals surface area contributed by atoms with E-state index in [9.17, 15) is 22.8 Å². The molecule has 9 nitrogen and oxygen atoms in total. The van der Waals surface area contributed by atoms with Crippen molar-refractivity contribution in [3.8, 4) is 11.5 Å². The van der Waals surface area contributed by atoms with Crippen molar-refractivity contribution in [3.63, 3.8) is 0 Å². The van der Waals surface area contributed by atoms with Crippen LogP contribution >= 0.6 is 11.3 Å². The number of hydrogen-bond acceptors (Lipinski definition) is 8. The molecule has 4 aromatic rings. The summed E-state index contributed by atoms with van der Waals surface area (Å²) >= 11 is 1.16. The number of anilines is 2. The summed E-state index contributed by atoms with van der Waals surface area (Å²) in [6.45, 7) is 0.202. The molecule has 212 valence electrons. The second-order valence-electron chi connectivity index (χ2n) is 8.52. The fraction of sp³-hybridized carbons (Fsp3) is 0.143. The summed E-state index contributed by atoms with van der Waals surface area (Å²) in [7, 11) is 1.48. The number of aromatic carboxylic acids is 1. The van der Waals surface area contributed by atoms with Crippen molar-refractivity contribution in [2.45, 2.75) is 19.2 Å². The van der Waals surface area contributed by atoms with E-state index < -0.39 is 23.6 Å². The van der Waals surface area contributed by atoms with E-state index in [-0.39, 0.29) is 24.3 Å². The number of aromatic nitrogens is 1. The molecule has 1 aromatic heterocycles. The number of ether oxygens (including phenoxy) is 2. The predicted molar refractivity (Wildman–Crippen MR) is 147 cm³/mol. The van der Waals surface area contributed by atoms with Crippen molar-refractivity contribution in [3.05, 3.63) is 100 Å². The number of carboxylic acids is 1. The molecule has 4 rings (SSSR count). The zero-order chi connectivity index (χ0) is 29.4. The lowest BCUT2D eigenvalue weighted by molar-refractivity contribution is -0.137. The van der Waals surface area contributed by atoms with Crippen molar-refractivity contribution in [2.24, 2.45) is 5.10 Å². The molecule has 0 aliphatic rings. The smallest absolute Gasteiger partial charge is 0.416 e. The van der Waals surface area contributed by atoms with Gasteiger partial charge in [0.1, 0.15) is 6.61 Å². The predicted octanol–water partition coefficient (Wildman–Crippen LogP) is 5.88. The van der Waals surface area contributed by atoms with Gasteiger partial charge in [0, 0.05) is 11.1 Å². The van der Waals surface area contributed by atoms with Gasteiger partial charge in [0.05, 0.1) is 36.6 Å². The van der Waals surface area contributed by atoms with Crippen molar-refractivity contribution >= 4 is 40.2 Å². The highest BCUT2D eigenvalue weighted by Gasteiger charge is 2.30. The van der Waals surface area contributed by atoms with Crippen LogP contribution in [0.2, 0.25) is 0 Å². The van der Waals surface area contributed by atoms with E-state index in [1.54, 1.807) is 35.7 Å². The van der Waals surface area contributed by atoms with E-state index in [1.165, 1.54) is 37.6 Å². The second-order valence-corrected chi connectivity index (χ2v) is 9.38. The Hall–Kier alpha value is -4.91. The first-order valence-electron chi connectivity index (χ1n) is 11.9. The van der Waals surface area contributed by atoms with E-state index in [0.29, 0.717) is 27.9 Å². The molecule has 0 saturated heterocycles. The molecule has 0 radical (unpaired) electrons. The summed E-state index contributed by atoms with van der Waals surface area (Å²) in [6, 6.07) is 16.1. The first-order valence-corrected chi connectivity index (χ1v) is 12.8. The molecule has 0 aliphatic carbocycles. The van der Waals surface area contributed by atoms with Gasteiger partial charge in [-0.1, -0.05) is 18.2 Å². The first kappa shape index (κ1) is 29.1. The molecule has 0 fully saturated rings. The summed E-state index contributed by atoms with van der Waals surface area (Å²) < 4.78 is 49.9. The van der Waals surface area contributed by atoms with Crippen LogP contribution < -0.4 is 20.2 Å².